The predicted octanol–water partition coefficient (Wildman–Crippen LogP) is 2.20. The first-order valence-electron chi connectivity index (χ1n) is 12.8. The maximum atomic E-state index is 13.1. The summed E-state index contributed by atoms with van der Waals surface area (Å²) in [6.45, 7) is 1.72. The van der Waals surface area contributed by atoms with Crippen LogP contribution in [0.3, 0.4) is 0 Å². The molecule has 3 heterocycles. The number of nitrogens with one attached hydrogen (secondary N) is 3. The molecule has 1 aliphatic heterocycles. The summed E-state index contributed by atoms with van der Waals surface area (Å²) in [4.78, 5) is 57.0. The van der Waals surface area contributed by atoms with Gasteiger partial charge in [-0.2, -0.15) is 10.6 Å². The molecule has 0 radical (unpaired) electrons. The molecule has 12 nitrogen and oxygen atoms in total. The second kappa shape index (κ2) is 13.7. The fourth-order valence-corrected chi connectivity index (χ4v) is 5.56. The van der Waals surface area contributed by atoms with Crippen molar-refractivity contribution in [2.45, 2.75) is 12.5 Å². The van der Waals surface area contributed by atoms with Gasteiger partial charge in [-0.15, -0.1) is 0 Å². The number of aromatic nitrogens is 2. The van der Waals surface area contributed by atoms with Crippen LogP contribution < -0.4 is 21.5 Å². The minimum absolute atomic E-state index is 0.222. The van der Waals surface area contributed by atoms with E-state index in [-0.39, 0.29) is 41.4 Å². The molecule has 5 N–H and O–H groups in total. The van der Waals surface area contributed by atoms with Crippen LogP contribution in [0.25, 0.3) is 5.69 Å². The summed E-state index contributed by atoms with van der Waals surface area (Å²) >= 11 is 5.84. The molecule has 41 heavy (non-hydrogen) atoms. The van der Waals surface area contributed by atoms with E-state index in [1.165, 1.54) is 35.0 Å². The van der Waals surface area contributed by atoms with Crippen molar-refractivity contribution in [1.29, 1.82) is 0 Å². The molecule has 0 saturated carbocycles. The number of carbonyl (C=O) groups excluding carboxylic acids is 3. The summed E-state index contributed by atoms with van der Waals surface area (Å²) in [5.41, 5.74) is 0.582. The Hall–Kier alpha value is -3.75. The van der Waals surface area contributed by atoms with E-state index >= 15 is 0 Å². The third-order valence-electron chi connectivity index (χ3n) is 6.43. The Morgan fingerprint density at radius 3 is 2.41 bits per heavy atom. The number of hydrogen-bond acceptors (Lipinski definition) is 8. The maximum absolute atomic E-state index is 13.1. The molecule has 0 bridgehead atoms. The maximum Gasteiger partial charge on any atom is 0.255 e. The molecular formula is C27H31ClN6O6S. The van der Waals surface area contributed by atoms with Crippen molar-refractivity contribution in [2.24, 2.45) is 0 Å². The number of hydrogen-bond donors (Lipinski definition) is 5. The molecule has 3 aromatic rings. The SMILES string of the molecule is O=C(CC(NC(=O)c1ccc(-n2ccccc2=O)cc1)C(=O)NCCN1CCS(O)(O)CC1)Nc1ccc(Cl)cn1. The average molecular weight is 603 g/mol. The van der Waals surface area contributed by atoms with Crippen molar-refractivity contribution < 1.29 is 23.5 Å². The lowest BCUT2D eigenvalue weighted by Crippen LogP contribution is -2.50. The van der Waals surface area contributed by atoms with Crippen molar-refractivity contribution in [1.82, 2.24) is 25.1 Å². The van der Waals surface area contributed by atoms with Gasteiger partial charge in [0.05, 0.1) is 22.9 Å². The molecule has 1 aromatic carbocycles. The van der Waals surface area contributed by atoms with Crippen LogP contribution in [0.2, 0.25) is 5.02 Å². The van der Waals surface area contributed by atoms with E-state index in [4.69, 9.17) is 11.6 Å². The first-order valence-corrected chi connectivity index (χ1v) is 15.1. The summed E-state index contributed by atoms with van der Waals surface area (Å²) in [7, 11) is -2.52. The topological polar surface area (TPSA) is 166 Å². The Bertz CT molecular complexity index is 1420. The number of halogens is 1. The van der Waals surface area contributed by atoms with Gasteiger partial charge in [0.1, 0.15) is 11.9 Å². The molecule has 14 heteroatoms. The van der Waals surface area contributed by atoms with Crippen LogP contribution in [0.4, 0.5) is 5.82 Å². The zero-order chi connectivity index (χ0) is 29.4. The third kappa shape index (κ3) is 8.87. The predicted molar refractivity (Wildman–Crippen MR) is 158 cm³/mol. The van der Waals surface area contributed by atoms with Crippen LogP contribution in [0.5, 0.6) is 0 Å². The normalized spacial score (nSPS) is 16.3. The number of nitrogens with zero attached hydrogens (tertiary/aromatic N) is 3. The highest BCUT2D eigenvalue weighted by atomic mass is 35.5. The fourth-order valence-electron chi connectivity index (χ4n) is 4.14. The first-order chi connectivity index (χ1) is 19.6. The average Bonchev–Trinajstić information content (AvgIpc) is 2.95. The zero-order valence-corrected chi connectivity index (χ0v) is 23.6. The van der Waals surface area contributed by atoms with Crippen LogP contribution >= 0.6 is 22.2 Å². The molecule has 1 unspecified atom stereocenters. The van der Waals surface area contributed by atoms with Gasteiger partial charge in [-0.3, -0.25) is 37.8 Å². The standard InChI is InChI=1S/C27H31ClN6O6S/c28-20-6-9-23(30-18-20)32-24(35)17-22(27(38)29-10-12-33-13-15-41(39,40)16-14-33)31-26(37)19-4-7-21(8-5-19)34-11-2-1-3-25(34)36/h1-9,11,18,22,39-40H,10,12-17H2,(H,29,38)(H,31,37)(H,30,32,35). The van der Waals surface area contributed by atoms with E-state index in [1.54, 1.807) is 36.5 Å². The molecule has 0 aliphatic carbocycles. The lowest BCUT2D eigenvalue weighted by atomic mass is 10.1. The Morgan fingerprint density at radius 2 is 1.76 bits per heavy atom. The van der Waals surface area contributed by atoms with Crippen LogP contribution in [0.15, 0.2) is 71.8 Å². The fraction of sp³-hybridized carbons (Fsp3) is 0.296. The molecule has 1 atom stereocenters. The van der Waals surface area contributed by atoms with E-state index < -0.39 is 34.4 Å². The van der Waals surface area contributed by atoms with E-state index in [0.29, 0.717) is 30.3 Å². The van der Waals surface area contributed by atoms with E-state index in [1.807, 2.05) is 4.90 Å². The summed E-state index contributed by atoms with van der Waals surface area (Å²) in [5, 5.41) is 8.37. The van der Waals surface area contributed by atoms with Crippen LogP contribution in [0.1, 0.15) is 16.8 Å². The largest absolute Gasteiger partial charge is 0.353 e. The number of anilines is 1. The van der Waals surface area contributed by atoms with Gasteiger partial charge >= 0.3 is 0 Å². The van der Waals surface area contributed by atoms with Gasteiger partial charge in [-0.1, -0.05) is 17.7 Å². The van der Waals surface area contributed by atoms with Crippen molar-refractivity contribution >= 4 is 45.7 Å². The summed E-state index contributed by atoms with van der Waals surface area (Å²) in [5.74, 6) is -0.845. The van der Waals surface area contributed by atoms with Gasteiger partial charge in [-0.05, 0) is 42.5 Å². The summed E-state index contributed by atoms with van der Waals surface area (Å²) in [6, 6.07) is 12.9. The van der Waals surface area contributed by atoms with Gasteiger partial charge in [0.25, 0.3) is 11.5 Å². The van der Waals surface area contributed by atoms with E-state index in [9.17, 15) is 28.3 Å². The highest BCUT2D eigenvalue weighted by Crippen LogP contribution is 2.40. The van der Waals surface area contributed by atoms with Gasteiger partial charge in [0, 0.05) is 55.9 Å². The molecule has 4 rings (SSSR count). The van der Waals surface area contributed by atoms with Crippen molar-refractivity contribution in [3.63, 3.8) is 0 Å². The number of amides is 3. The second-order valence-corrected chi connectivity index (χ2v) is 12.3. The van der Waals surface area contributed by atoms with Crippen molar-refractivity contribution in [3.8, 4) is 5.69 Å². The molecule has 1 saturated heterocycles. The lowest BCUT2D eigenvalue weighted by Gasteiger charge is -2.41. The van der Waals surface area contributed by atoms with Gasteiger partial charge in [0.2, 0.25) is 11.8 Å². The highest BCUT2D eigenvalue weighted by Gasteiger charge is 2.26. The third-order valence-corrected chi connectivity index (χ3v) is 8.33. The zero-order valence-electron chi connectivity index (χ0n) is 22.0. The molecule has 3 amide bonds. The molecule has 1 aliphatic rings. The summed E-state index contributed by atoms with van der Waals surface area (Å²) < 4.78 is 21.0. The molecule has 218 valence electrons. The number of carbonyl (C=O) groups is 3. The Morgan fingerprint density at radius 1 is 1.02 bits per heavy atom. The van der Waals surface area contributed by atoms with Crippen LogP contribution in [-0.2, 0) is 9.59 Å². The monoisotopic (exact) mass is 602 g/mol. The van der Waals surface area contributed by atoms with Crippen molar-refractivity contribution in [3.05, 3.63) is 87.9 Å². The number of pyridine rings is 2. The van der Waals surface area contributed by atoms with Crippen LogP contribution in [-0.4, -0.2) is 85.0 Å². The van der Waals surface area contributed by atoms with Gasteiger partial charge in [-0.25, -0.2) is 4.98 Å². The Labute approximate surface area is 243 Å². The van der Waals surface area contributed by atoms with Gasteiger partial charge in [0.15, 0.2) is 0 Å². The van der Waals surface area contributed by atoms with E-state index in [0.717, 1.165) is 0 Å². The Kier molecular flexibility index (Phi) is 10.1. The highest BCUT2D eigenvalue weighted by molar-refractivity contribution is 8.24. The molecular weight excluding hydrogens is 572 g/mol. The van der Waals surface area contributed by atoms with Crippen LogP contribution in [0, 0.1) is 0 Å². The second-order valence-electron chi connectivity index (χ2n) is 9.44. The molecule has 0 spiro atoms. The minimum atomic E-state index is -2.52. The number of benzene rings is 1. The smallest absolute Gasteiger partial charge is 0.255 e. The van der Waals surface area contributed by atoms with E-state index in [2.05, 4.69) is 20.9 Å². The summed E-state index contributed by atoms with van der Waals surface area (Å²) in [6.07, 6.45) is 2.63. The minimum Gasteiger partial charge on any atom is -0.353 e. The molecule has 1 fully saturated rings. The Balaban J connectivity index is 1.40. The lowest BCUT2D eigenvalue weighted by molar-refractivity contribution is -0.126. The van der Waals surface area contributed by atoms with Gasteiger partial charge < -0.3 is 16.0 Å². The number of rotatable bonds is 10. The molecule has 2 aromatic heterocycles. The first kappa shape index (κ1) is 30.2. The quantitative estimate of drug-likeness (QED) is 0.235. The van der Waals surface area contributed by atoms with Crippen molar-refractivity contribution in [2.75, 3.05) is 43.0 Å².